The zero-order chi connectivity index (χ0) is 18.0. The highest BCUT2D eigenvalue weighted by molar-refractivity contribution is 6.42. The van der Waals surface area contributed by atoms with Gasteiger partial charge in [0.15, 0.2) is 5.78 Å². The van der Waals surface area contributed by atoms with E-state index in [4.69, 9.17) is 23.2 Å². The van der Waals surface area contributed by atoms with E-state index in [2.05, 4.69) is 36.2 Å². The second-order valence-electron chi connectivity index (χ2n) is 5.83. The zero-order valence-electron chi connectivity index (χ0n) is 13.8. The Hall–Kier alpha value is -2.36. The van der Waals surface area contributed by atoms with Gasteiger partial charge in [-0.1, -0.05) is 35.3 Å². The molecule has 0 saturated carbocycles. The van der Waals surface area contributed by atoms with Crippen LogP contribution in [0.5, 0.6) is 0 Å². The highest BCUT2D eigenvalue weighted by Gasteiger charge is 2.07. The number of nitrogens with zero attached hydrogens (tertiary/aromatic N) is 1. The van der Waals surface area contributed by atoms with Crippen molar-refractivity contribution in [2.24, 2.45) is 0 Å². The van der Waals surface area contributed by atoms with Crippen molar-refractivity contribution in [3.63, 3.8) is 0 Å². The Balaban J connectivity index is 1.78. The molecule has 0 radical (unpaired) electrons. The zero-order valence-corrected chi connectivity index (χ0v) is 15.3. The largest absolute Gasteiger partial charge is 0.289 e. The van der Waals surface area contributed by atoms with Gasteiger partial charge >= 0.3 is 0 Å². The molecule has 0 fully saturated rings. The van der Waals surface area contributed by atoms with Crippen molar-refractivity contribution < 1.29 is 4.79 Å². The summed E-state index contributed by atoms with van der Waals surface area (Å²) < 4.78 is 0. The van der Waals surface area contributed by atoms with Gasteiger partial charge in [0.1, 0.15) is 0 Å². The molecule has 0 aliphatic rings. The first kappa shape index (κ1) is 17.5. The Bertz CT molecular complexity index is 974. The van der Waals surface area contributed by atoms with E-state index in [1.54, 1.807) is 24.3 Å². The summed E-state index contributed by atoms with van der Waals surface area (Å²) in [7, 11) is 0. The lowest BCUT2D eigenvalue weighted by molar-refractivity contribution is 0.104. The summed E-state index contributed by atoms with van der Waals surface area (Å²) in [6.07, 6.45) is 3.18. The quantitative estimate of drug-likeness (QED) is 0.459. The number of nitrogens with one attached hydrogen (secondary N) is 1. The highest BCUT2D eigenvalue weighted by atomic mass is 35.5. The maximum atomic E-state index is 12.2. The topological polar surface area (TPSA) is 45.8 Å². The summed E-state index contributed by atoms with van der Waals surface area (Å²) in [4.78, 5) is 12.2. The smallest absolute Gasteiger partial charge is 0.185 e. The molecular formula is C20H16Cl2N2O. The van der Waals surface area contributed by atoms with E-state index < -0.39 is 0 Å². The van der Waals surface area contributed by atoms with Crippen LogP contribution in [0.1, 0.15) is 27.2 Å². The molecule has 2 aromatic carbocycles. The molecule has 0 spiro atoms. The normalized spacial score (nSPS) is 11.2. The molecule has 0 atom stereocenters. The van der Waals surface area contributed by atoms with Gasteiger partial charge in [-0.05, 0) is 67.5 Å². The number of hydrogen-bond donors (Lipinski definition) is 1. The second kappa shape index (κ2) is 7.26. The Morgan fingerprint density at radius 2 is 1.80 bits per heavy atom. The van der Waals surface area contributed by atoms with Crippen molar-refractivity contribution >= 4 is 35.1 Å². The molecule has 3 nitrogen and oxygen atoms in total. The number of H-pyrrole nitrogens is 1. The van der Waals surface area contributed by atoms with E-state index in [1.165, 1.54) is 17.2 Å². The molecule has 1 N–H and O–H groups in total. The first-order chi connectivity index (χ1) is 11.9. The second-order valence-corrected chi connectivity index (χ2v) is 6.65. The number of ketones is 1. The molecule has 1 aromatic heterocycles. The molecule has 0 aliphatic heterocycles. The van der Waals surface area contributed by atoms with Crippen molar-refractivity contribution in [3.8, 4) is 11.3 Å². The molecule has 1 heterocycles. The molecule has 0 aliphatic carbocycles. The van der Waals surface area contributed by atoms with Crippen LogP contribution in [0.25, 0.3) is 17.3 Å². The van der Waals surface area contributed by atoms with Gasteiger partial charge in [-0.15, -0.1) is 0 Å². The summed E-state index contributed by atoms with van der Waals surface area (Å²) in [5.41, 5.74) is 5.57. The average molecular weight is 371 g/mol. The number of aromatic amines is 1. The average Bonchev–Trinajstić information content (AvgIpc) is 3.06. The van der Waals surface area contributed by atoms with Gasteiger partial charge in [0.2, 0.25) is 0 Å². The molecule has 126 valence electrons. The number of benzene rings is 2. The molecule has 25 heavy (non-hydrogen) atoms. The molecular weight excluding hydrogens is 355 g/mol. The van der Waals surface area contributed by atoms with Gasteiger partial charge in [-0.2, -0.15) is 5.10 Å². The SMILES string of the molecule is Cc1ccc(-c2cc(C=CC(=O)c3ccc(Cl)c(Cl)c3)[nH]n2)cc1C. The van der Waals surface area contributed by atoms with E-state index in [9.17, 15) is 4.79 Å². The monoisotopic (exact) mass is 370 g/mol. The first-order valence-corrected chi connectivity index (χ1v) is 8.50. The summed E-state index contributed by atoms with van der Waals surface area (Å²) in [5, 5.41) is 8.02. The predicted octanol–water partition coefficient (Wildman–Crippen LogP) is 5.90. The molecule has 0 unspecified atom stereocenters. The van der Waals surface area contributed by atoms with Crippen molar-refractivity contribution in [3.05, 3.63) is 81.0 Å². The van der Waals surface area contributed by atoms with Gasteiger partial charge in [0.05, 0.1) is 21.4 Å². The van der Waals surface area contributed by atoms with Gasteiger partial charge < -0.3 is 0 Å². The van der Waals surface area contributed by atoms with Crippen LogP contribution < -0.4 is 0 Å². The van der Waals surface area contributed by atoms with Gasteiger partial charge in [0, 0.05) is 11.1 Å². The fourth-order valence-electron chi connectivity index (χ4n) is 2.38. The molecule has 3 aromatic rings. The number of halogens is 2. The van der Waals surface area contributed by atoms with Crippen LogP contribution in [-0.4, -0.2) is 16.0 Å². The van der Waals surface area contributed by atoms with E-state index >= 15 is 0 Å². The van der Waals surface area contributed by atoms with Crippen LogP contribution in [0.15, 0.2) is 48.5 Å². The predicted molar refractivity (Wildman–Crippen MR) is 103 cm³/mol. The third kappa shape index (κ3) is 4.01. The van der Waals surface area contributed by atoms with Crippen LogP contribution in [0.3, 0.4) is 0 Å². The molecule has 5 heteroatoms. The summed E-state index contributed by atoms with van der Waals surface area (Å²) >= 11 is 11.8. The van der Waals surface area contributed by atoms with Crippen LogP contribution in [0, 0.1) is 13.8 Å². The Kier molecular flexibility index (Phi) is 5.07. The summed E-state index contributed by atoms with van der Waals surface area (Å²) in [6.45, 7) is 4.15. The van der Waals surface area contributed by atoms with Crippen LogP contribution in [0.2, 0.25) is 10.0 Å². The number of rotatable bonds is 4. The number of hydrogen-bond acceptors (Lipinski definition) is 2. The highest BCUT2D eigenvalue weighted by Crippen LogP contribution is 2.24. The number of carbonyl (C=O) groups is 1. The maximum absolute atomic E-state index is 12.2. The fraction of sp³-hybridized carbons (Fsp3) is 0.100. The number of aromatic nitrogens is 2. The molecule has 0 bridgehead atoms. The van der Waals surface area contributed by atoms with E-state index in [0.717, 1.165) is 17.0 Å². The van der Waals surface area contributed by atoms with Crippen LogP contribution in [-0.2, 0) is 0 Å². The van der Waals surface area contributed by atoms with E-state index in [-0.39, 0.29) is 5.78 Å². The number of carbonyl (C=O) groups excluding carboxylic acids is 1. The standard InChI is InChI=1S/C20H16Cl2N2O/c1-12-3-4-14(9-13(12)2)19-11-16(23-24-19)6-8-20(25)15-5-7-17(21)18(22)10-15/h3-11H,1-2H3,(H,23,24). The van der Waals surface area contributed by atoms with Gasteiger partial charge in [-0.3, -0.25) is 9.89 Å². The van der Waals surface area contributed by atoms with Crippen molar-refractivity contribution in [2.45, 2.75) is 13.8 Å². The van der Waals surface area contributed by atoms with Gasteiger partial charge in [-0.25, -0.2) is 0 Å². The third-order valence-electron chi connectivity index (χ3n) is 4.02. The minimum absolute atomic E-state index is 0.152. The fourth-order valence-corrected chi connectivity index (χ4v) is 2.68. The lowest BCUT2D eigenvalue weighted by atomic mass is 10.0. The van der Waals surface area contributed by atoms with Gasteiger partial charge in [0.25, 0.3) is 0 Å². The maximum Gasteiger partial charge on any atom is 0.185 e. The lowest BCUT2D eigenvalue weighted by Gasteiger charge is -2.01. The third-order valence-corrected chi connectivity index (χ3v) is 4.76. The summed E-state index contributed by atoms with van der Waals surface area (Å²) in [6, 6.07) is 12.9. The van der Waals surface area contributed by atoms with Crippen molar-refractivity contribution in [1.82, 2.24) is 10.2 Å². The Morgan fingerprint density at radius 1 is 1.00 bits per heavy atom. The minimum Gasteiger partial charge on any atom is -0.289 e. The Morgan fingerprint density at radius 3 is 2.52 bits per heavy atom. The van der Waals surface area contributed by atoms with E-state index in [0.29, 0.717) is 15.6 Å². The van der Waals surface area contributed by atoms with Crippen LogP contribution in [0.4, 0.5) is 0 Å². The number of aryl methyl sites for hydroxylation is 2. The van der Waals surface area contributed by atoms with E-state index in [1.807, 2.05) is 12.1 Å². The van der Waals surface area contributed by atoms with Crippen LogP contribution >= 0.6 is 23.2 Å². The minimum atomic E-state index is -0.152. The molecule has 3 rings (SSSR count). The Labute approximate surface area is 156 Å². The molecule has 0 saturated heterocycles. The number of allylic oxidation sites excluding steroid dienone is 1. The lowest BCUT2D eigenvalue weighted by Crippen LogP contribution is -1.93. The summed E-state index contributed by atoms with van der Waals surface area (Å²) in [5.74, 6) is -0.152. The van der Waals surface area contributed by atoms with Crippen molar-refractivity contribution in [1.29, 1.82) is 0 Å². The van der Waals surface area contributed by atoms with Crippen molar-refractivity contribution in [2.75, 3.05) is 0 Å². The molecule has 0 amide bonds. The first-order valence-electron chi connectivity index (χ1n) is 7.74.